The van der Waals surface area contributed by atoms with Gasteiger partial charge in [0.15, 0.2) is 6.61 Å². The van der Waals surface area contributed by atoms with Crippen molar-refractivity contribution in [1.82, 2.24) is 14.8 Å². The summed E-state index contributed by atoms with van der Waals surface area (Å²) < 4.78 is 17.9. The normalized spacial score (nSPS) is 10.9. The van der Waals surface area contributed by atoms with Crippen LogP contribution in [0.1, 0.15) is 11.6 Å². The Hall–Kier alpha value is -3.61. The van der Waals surface area contributed by atoms with Crippen molar-refractivity contribution in [1.29, 1.82) is 0 Å². The van der Waals surface area contributed by atoms with Gasteiger partial charge in [-0.1, -0.05) is 18.2 Å². The number of carbonyl (C=O) groups is 1. The first-order chi connectivity index (χ1) is 13.6. The molecule has 0 aliphatic carbocycles. The maximum atomic E-state index is 12.3. The Labute approximate surface area is 161 Å². The molecule has 0 N–H and O–H groups in total. The van der Waals surface area contributed by atoms with Crippen molar-refractivity contribution in [3.63, 3.8) is 0 Å². The molecule has 2 heterocycles. The van der Waals surface area contributed by atoms with Gasteiger partial charge in [0.25, 0.3) is 5.89 Å². The number of carbonyl (C=O) groups excluding carboxylic acids is 1. The smallest absolute Gasteiger partial charge is 0.326 e. The fourth-order valence-corrected chi connectivity index (χ4v) is 3.04. The molecule has 142 valence electrons. The predicted octanol–water partition coefficient (Wildman–Crippen LogP) is 3.75. The molecule has 0 saturated carbocycles. The van der Waals surface area contributed by atoms with E-state index in [2.05, 4.69) is 10.2 Å². The second-order valence-electron chi connectivity index (χ2n) is 6.32. The number of aryl methyl sites for hydroxylation is 1. The minimum atomic E-state index is -0.367. The first kappa shape index (κ1) is 17.8. The van der Waals surface area contributed by atoms with Gasteiger partial charge in [-0.25, -0.2) is 0 Å². The van der Waals surface area contributed by atoms with E-state index < -0.39 is 0 Å². The van der Waals surface area contributed by atoms with Crippen LogP contribution in [0.15, 0.2) is 59.0 Å². The van der Waals surface area contributed by atoms with Crippen LogP contribution < -0.4 is 4.74 Å². The Morgan fingerprint density at radius 1 is 1.11 bits per heavy atom. The fourth-order valence-electron chi connectivity index (χ4n) is 3.04. The Morgan fingerprint density at radius 2 is 1.89 bits per heavy atom. The lowest BCUT2D eigenvalue weighted by Gasteiger charge is -2.07. The highest BCUT2D eigenvalue weighted by molar-refractivity contribution is 5.83. The van der Waals surface area contributed by atoms with Crippen LogP contribution in [-0.4, -0.2) is 27.8 Å². The third-order valence-electron chi connectivity index (χ3n) is 4.47. The summed E-state index contributed by atoms with van der Waals surface area (Å²) in [6.45, 7) is 2.02. The number of fused-ring (bicyclic) bond motifs is 1. The van der Waals surface area contributed by atoms with Crippen LogP contribution >= 0.6 is 0 Å². The van der Waals surface area contributed by atoms with Crippen LogP contribution in [0, 0.1) is 6.92 Å². The quantitative estimate of drug-likeness (QED) is 0.476. The van der Waals surface area contributed by atoms with Gasteiger partial charge in [0.05, 0.1) is 7.11 Å². The number of nitrogens with zero attached hydrogens (tertiary/aromatic N) is 3. The van der Waals surface area contributed by atoms with E-state index in [4.69, 9.17) is 13.9 Å². The highest BCUT2D eigenvalue weighted by Gasteiger charge is 2.13. The molecule has 2 aromatic heterocycles. The minimum absolute atomic E-state index is 0.0692. The summed E-state index contributed by atoms with van der Waals surface area (Å²) in [6, 6.07) is 17.2. The Morgan fingerprint density at radius 3 is 2.68 bits per heavy atom. The zero-order chi connectivity index (χ0) is 19.5. The fraction of sp³-hybridized carbons (Fsp3) is 0.190. The van der Waals surface area contributed by atoms with E-state index in [-0.39, 0.29) is 25.0 Å². The van der Waals surface area contributed by atoms with Crippen molar-refractivity contribution < 1.29 is 18.7 Å². The average molecular weight is 377 g/mol. The molecule has 0 amide bonds. The number of para-hydroxylation sites is 1. The first-order valence-electron chi connectivity index (χ1n) is 8.81. The molecule has 0 radical (unpaired) electrons. The molecule has 0 bridgehead atoms. The lowest BCUT2D eigenvalue weighted by molar-refractivity contribution is -0.146. The molecule has 0 fully saturated rings. The van der Waals surface area contributed by atoms with E-state index in [0.717, 1.165) is 27.9 Å². The molecule has 7 nitrogen and oxygen atoms in total. The van der Waals surface area contributed by atoms with Crippen molar-refractivity contribution in [3.05, 3.63) is 66.2 Å². The Kier molecular flexibility index (Phi) is 4.80. The summed E-state index contributed by atoms with van der Waals surface area (Å²) in [5, 5.41) is 9.03. The summed E-state index contributed by atoms with van der Waals surface area (Å²) in [4.78, 5) is 12.3. The number of ether oxygens (including phenoxy) is 2. The molecule has 7 heteroatoms. The van der Waals surface area contributed by atoms with Gasteiger partial charge in [-0.3, -0.25) is 4.79 Å². The van der Waals surface area contributed by atoms with Gasteiger partial charge in [-0.05, 0) is 48.7 Å². The minimum Gasteiger partial charge on any atom is -0.497 e. The Bertz CT molecular complexity index is 1110. The number of hydrogen-bond acceptors (Lipinski definition) is 6. The van der Waals surface area contributed by atoms with Crippen LogP contribution in [0.5, 0.6) is 5.75 Å². The zero-order valence-electron chi connectivity index (χ0n) is 15.6. The van der Waals surface area contributed by atoms with Crippen molar-refractivity contribution in [3.8, 4) is 17.2 Å². The van der Waals surface area contributed by atoms with Gasteiger partial charge in [0.2, 0.25) is 5.89 Å². The molecule has 0 aliphatic rings. The van der Waals surface area contributed by atoms with Crippen molar-refractivity contribution in [2.45, 2.75) is 20.1 Å². The largest absolute Gasteiger partial charge is 0.497 e. The zero-order valence-corrected chi connectivity index (χ0v) is 15.6. The van der Waals surface area contributed by atoms with E-state index in [9.17, 15) is 4.79 Å². The van der Waals surface area contributed by atoms with Crippen LogP contribution in [-0.2, 0) is 22.7 Å². The molecule has 0 aliphatic heterocycles. The molecule has 0 unspecified atom stereocenters. The number of rotatable bonds is 6. The highest BCUT2D eigenvalue weighted by atomic mass is 16.5. The van der Waals surface area contributed by atoms with Crippen LogP contribution in [0.4, 0.5) is 0 Å². The van der Waals surface area contributed by atoms with Gasteiger partial charge in [-0.15, -0.1) is 10.2 Å². The van der Waals surface area contributed by atoms with E-state index in [1.54, 1.807) is 7.11 Å². The monoisotopic (exact) mass is 377 g/mol. The second-order valence-corrected chi connectivity index (χ2v) is 6.32. The molecule has 0 saturated heterocycles. The van der Waals surface area contributed by atoms with Gasteiger partial charge < -0.3 is 18.5 Å². The highest BCUT2D eigenvalue weighted by Crippen LogP contribution is 2.22. The predicted molar refractivity (Wildman–Crippen MR) is 103 cm³/mol. The summed E-state index contributed by atoms with van der Waals surface area (Å²) in [6.07, 6.45) is 0. The number of hydrogen-bond donors (Lipinski definition) is 0. The average Bonchev–Trinajstić information content (AvgIpc) is 3.31. The first-order valence-corrected chi connectivity index (χ1v) is 8.81. The lowest BCUT2D eigenvalue weighted by atomic mass is 10.2. The van der Waals surface area contributed by atoms with E-state index in [1.807, 2.05) is 66.1 Å². The maximum absolute atomic E-state index is 12.3. The van der Waals surface area contributed by atoms with E-state index >= 15 is 0 Å². The Balaban J connectivity index is 1.39. The number of aromatic nitrogens is 3. The molecule has 4 aromatic rings. The number of methoxy groups -OCH3 is 1. The van der Waals surface area contributed by atoms with Crippen molar-refractivity contribution in [2.75, 3.05) is 7.11 Å². The summed E-state index contributed by atoms with van der Waals surface area (Å²) in [5.41, 5.74) is 2.76. The van der Waals surface area contributed by atoms with Crippen LogP contribution in [0.2, 0.25) is 0 Å². The topological polar surface area (TPSA) is 79.4 Å². The van der Waals surface area contributed by atoms with Crippen molar-refractivity contribution in [2.24, 2.45) is 0 Å². The van der Waals surface area contributed by atoms with Gasteiger partial charge in [-0.2, -0.15) is 0 Å². The number of benzene rings is 2. The third-order valence-corrected chi connectivity index (χ3v) is 4.47. The lowest BCUT2D eigenvalue weighted by Crippen LogP contribution is -2.14. The molecule has 2 aromatic carbocycles. The van der Waals surface area contributed by atoms with Crippen molar-refractivity contribution >= 4 is 16.9 Å². The van der Waals surface area contributed by atoms with E-state index in [1.165, 1.54) is 0 Å². The molecular weight excluding hydrogens is 358 g/mol. The number of esters is 1. The standard InChI is InChI=1S/C21H19N3O4/c1-14-11-16-5-3-4-6-18(16)24(14)12-20(25)27-13-19-22-23-21(28-19)15-7-9-17(26-2)10-8-15/h3-11H,12-13H2,1-2H3. The van der Waals surface area contributed by atoms with Gasteiger partial charge >= 0.3 is 5.97 Å². The molecular formula is C21H19N3O4. The molecule has 0 spiro atoms. The SMILES string of the molecule is COc1ccc(-c2nnc(COC(=O)Cn3c(C)cc4ccccc43)o2)cc1. The summed E-state index contributed by atoms with van der Waals surface area (Å²) in [5.74, 6) is 0.980. The molecule has 4 rings (SSSR count). The maximum Gasteiger partial charge on any atom is 0.326 e. The summed E-state index contributed by atoms with van der Waals surface area (Å²) >= 11 is 0. The van der Waals surface area contributed by atoms with Crippen LogP contribution in [0.25, 0.3) is 22.4 Å². The molecule has 0 atom stereocenters. The third kappa shape index (κ3) is 3.59. The summed E-state index contributed by atoms with van der Waals surface area (Å²) in [7, 11) is 1.60. The van der Waals surface area contributed by atoms with Gasteiger partial charge in [0, 0.05) is 16.8 Å². The van der Waals surface area contributed by atoms with Crippen LogP contribution in [0.3, 0.4) is 0 Å². The second kappa shape index (κ2) is 7.56. The van der Waals surface area contributed by atoms with E-state index in [0.29, 0.717) is 5.89 Å². The van der Waals surface area contributed by atoms with Gasteiger partial charge in [0.1, 0.15) is 12.3 Å². The molecule has 28 heavy (non-hydrogen) atoms.